The first-order chi connectivity index (χ1) is 11.5. The molecule has 0 radical (unpaired) electrons. The molecule has 0 spiro atoms. The Balaban J connectivity index is 1.76. The van der Waals surface area contributed by atoms with Crippen LogP contribution < -0.4 is 5.32 Å². The summed E-state index contributed by atoms with van der Waals surface area (Å²) in [6.07, 6.45) is 2.79. The Bertz CT molecular complexity index is 906. The molecule has 0 saturated carbocycles. The first kappa shape index (κ1) is 15.9. The molecule has 3 rings (SSSR count). The summed E-state index contributed by atoms with van der Waals surface area (Å²) in [5, 5.41) is 3.05. The van der Waals surface area contributed by atoms with E-state index in [2.05, 4.69) is 15.3 Å². The molecule has 1 amide bonds. The molecule has 7 heteroatoms. The normalized spacial score (nSPS) is 10.4. The lowest BCUT2D eigenvalue weighted by Crippen LogP contribution is -2.11. The number of carbonyl (C=O) groups excluding carboxylic acids is 2. The van der Waals surface area contributed by atoms with Crippen molar-refractivity contribution >= 4 is 28.8 Å². The van der Waals surface area contributed by atoms with Crippen molar-refractivity contribution in [2.45, 2.75) is 6.92 Å². The standard InChI is InChI=1S/C17H12FN3O2S/c1-10(22)11-6-7-15(19-8-11)21-16(23)14-9-20-17(24-14)12-4-2-3-5-13(12)18/h2-9H,1H3,(H,19,21,23). The topological polar surface area (TPSA) is 72.0 Å². The molecule has 1 N–H and O–H groups in total. The Morgan fingerprint density at radius 2 is 1.88 bits per heavy atom. The zero-order valence-corrected chi connectivity index (χ0v) is 13.4. The molecule has 5 nitrogen and oxygen atoms in total. The van der Waals surface area contributed by atoms with Crippen LogP contribution in [0.25, 0.3) is 10.6 Å². The van der Waals surface area contributed by atoms with Gasteiger partial charge in [-0.1, -0.05) is 12.1 Å². The van der Waals surface area contributed by atoms with E-state index in [1.807, 2.05) is 0 Å². The Morgan fingerprint density at radius 1 is 1.08 bits per heavy atom. The molecule has 0 saturated heterocycles. The number of thiazole rings is 1. The van der Waals surface area contributed by atoms with Crippen molar-refractivity contribution in [3.05, 3.63) is 65.0 Å². The van der Waals surface area contributed by atoms with Crippen LogP contribution in [0.3, 0.4) is 0 Å². The number of hydrogen-bond donors (Lipinski definition) is 1. The number of nitrogens with zero attached hydrogens (tertiary/aromatic N) is 2. The zero-order chi connectivity index (χ0) is 17.1. The molecule has 0 bridgehead atoms. The third kappa shape index (κ3) is 3.36. The molecule has 0 aliphatic heterocycles. The van der Waals surface area contributed by atoms with Gasteiger partial charge in [-0.15, -0.1) is 11.3 Å². The lowest BCUT2D eigenvalue weighted by atomic mass is 10.2. The van der Waals surface area contributed by atoms with Gasteiger partial charge in [0.15, 0.2) is 5.78 Å². The lowest BCUT2D eigenvalue weighted by molar-refractivity contribution is 0.101. The highest BCUT2D eigenvalue weighted by molar-refractivity contribution is 7.17. The van der Waals surface area contributed by atoms with Gasteiger partial charge in [-0.3, -0.25) is 9.59 Å². The van der Waals surface area contributed by atoms with Crippen molar-refractivity contribution in [3.63, 3.8) is 0 Å². The van der Waals surface area contributed by atoms with Crippen LogP contribution in [-0.2, 0) is 0 Å². The molecule has 0 aliphatic carbocycles. The number of halogens is 1. The van der Waals surface area contributed by atoms with Gasteiger partial charge in [0.1, 0.15) is 21.5 Å². The highest BCUT2D eigenvalue weighted by Gasteiger charge is 2.14. The van der Waals surface area contributed by atoms with E-state index >= 15 is 0 Å². The molecule has 1 aromatic carbocycles. The van der Waals surface area contributed by atoms with Crippen LogP contribution in [0.2, 0.25) is 0 Å². The summed E-state index contributed by atoms with van der Waals surface area (Å²) in [7, 11) is 0. The number of Topliss-reactive ketones (excluding diaryl/α,β-unsaturated/α-hetero) is 1. The number of hydrogen-bond acceptors (Lipinski definition) is 5. The van der Waals surface area contributed by atoms with Gasteiger partial charge in [0.05, 0.1) is 6.20 Å². The highest BCUT2D eigenvalue weighted by atomic mass is 32.1. The number of aromatic nitrogens is 2. The summed E-state index contributed by atoms with van der Waals surface area (Å²) in [6, 6.07) is 9.39. The Hall–Kier alpha value is -2.93. The fourth-order valence-electron chi connectivity index (χ4n) is 1.99. The van der Waals surface area contributed by atoms with Crippen LogP contribution in [0.4, 0.5) is 10.2 Å². The molecule has 0 fully saturated rings. The van der Waals surface area contributed by atoms with Crippen LogP contribution in [0, 0.1) is 5.82 Å². The van der Waals surface area contributed by atoms with E-state index in [0.29, 0.717) is 26.8 Å². The van der Waals surface area contributed by atoms with Crippen LogP contribution in [0.15, 0.2) is 48.8 Å². The van der Waals surface area contributed by atoms with E-state index in [-0.39, 0.29) is 11.6 Å². The van der Waals surface area contributed by atoms with Gasteiger partial charge in [0.2, 0.25) is 0 Å². The van der Waals surface area contributed by atoms with Crippen molar-refractivity contribution in [1.29, 1.82) is 0 Å². The van der Waals surface area contributed by atoms with Crippen molar-refractivity contribution in [2.75, 3.05) is 5.32 Å². The summed E-state index contributed by atoms with van der Waals surface area (Å²) in [5.41, 5.74) is 0.818. The average Bonchev–Trinajstić information content (AvgIpc) is 3.05. The van der Waals surface area contributed by atoms with E-state index in [0.717, 1.165) is 11.3 Å². The number of rotatable bonds is 4. The summed E-state index contributed by atoms with van der Waals surface area (Å²) >= 11 is 1.09. The van der Waals surface area contributed by atoms with E-state index in [4.69, 9.17) is 0 Å². The summed E-state index contributed by atoms with van der Waals surface area (Å²) < 4.78 is 13.8. The first-order valence-electron chi connectivity index (χ1n) is 7.03. The Kier molecular flexibility index (Phi) is 4.43. The Labute approximate surface area is 141 Å². The van der Waals surface area contributed by atoms with E-state index in [9.17, 15) is 14.0 Å². The summed E-state index contributed by atoms with van der Waals surface area (Å²) in [4.78, 5) is 31.9. The summed E-state index contributed by atoms with van der Waals surface area (Å²) in [6.45, 7) is 1.44. The molecule has 3 aromatic rings. The first-order valence-corrected chi connectivity index (χ1v) is 7.85. The number of ketones is 1. The number of carbonyl (C=O) groups is 2. The predicted octanol–water partition coefficient (Wildman–Crippen LogP) is 3.80. The predicted molar refractivity (Wildman–Crippen MR) is 89.7 cm³/mol. The van der Waals surface area contributed by atoms with Gasteiger partial charge in [0.25, 0.3) is 5.91 Å². The second kappa shape index (κ2) is 6.67. The average molecular weight is 341 g/mol. The van der Waals surface area contributed by atoms with Gasteiger partial charge in [-0.05, 0) is 31.2 Å². The largest absolute Gasteiger partial charge is 0.306 e. The molecule has 2 heterocycles. The van der Waals surface area contributed by atoms with E-state index in [1.165, 1.54) is 25.4 Å². The molecule has 0 unspecified atom stereocenters. The minimum absolute atomic E-state index is 0.0997. The number of benzene rings is 1. The van der Waals surface area contributed by atoms with E-state index in [1.54, 1.807) is 30.3 Å². The minimum atomic E-state index is -0.391. The van der Waals surface area contributed by atoms with Crippen molar-refractivity contribution in [3.8, 4) is 10.6 Å². The van der Waals surface area contributed by atoms with Gasteiger partial charge < -0.3 is 5.32 Å². The molecule has 0 aliphatic rings. The van der Waals surface area contributed by atoms with Crippen LogP contribution in [0.1, 0.15) is 27.0 Å². The van der Waals surface area contributed by atoms with Crippen LogP contribution >= 0.6 is 11.3 Å². The van der Waals surface area contributed by atoms with Crippen molar-refractivity contribution in [2.24, 2.45) is 0 Å². The molecular weight excluding hydrogens is 329 g/mol. The van der Waals surface area contributed by atoms with Crippen molar-refractivity contribution < 1.29 is 14.0 Å². The fourth-order valence-corrected chi connectivity index (χ4v) is 2.83. The maximum absolute atomic E-state index is 13.8. The van der Waals surface area contributed by atoms with Crippen molar-refractivity contribution in [1.82, 2.24) is 9.97 Å². The third-order valence-corrected chi connectivity index (χ3v) is 4.27. The highest BCUT2D eigenvalue weighted by Crippen LogP contribution is 2.27. The third-order valence-electron chi connectivity index (χ3n) is 3.25. The van der Waals surface area contributed by atoms with Gasteiger partial charge in [-0.25, -0.2) is 14.4 Å². The maximum Gasteiger partial charge on any atom is 0.268 e. The van der Waals surface area contributed by atoms with E-state index < -0.39 is 5.91 Å². The van der Waals surface area contributed by atoms with Crippen LogP contribution in [0.5, 0.6) is 0 Å². The quantitative estimate of drug-likeness (QED) is 0.733. The zero-order valence-electron chi connectivity index (χ0n) is 12.6. The number of anilines is 1. The monoisotopic (exact) mass is 341 g/mol. The second-order valence-electron chi connectivity index (χ2n) is 4.95. The molecule has 0 atom stereocenters. The molecule has 120 valence electrons. The summed E-state index contributed by atoms with van der Waals surface area (Å²) in [5.74, 6) is -0.554. The van der Waals surface area contributed by atoms with Gasteiger partial charge in [0, 0.05) is 17.3 Å². The number of nitrogens with one attached hydrogen (secondary N) is 1. The smallest absolute Gasteiger partial charge is 0.268 e. The fraction of sp³-hybridized carbons (Fsp3) is 0.0588. The molecule has 2 aromatic heterocycles. The molecule has 24 heavy (non-hydrogen) atoms. The maximum atomic E-state index is 13.8. The lowest BCUT2D eigenvalue weighted by Gasteiger charge is -2.02. The number of pyridine rings is 1. The second-order valence-corrected chi connectivity index (χ2v) is 5.98. The SMILES string of the molecule is CC(=O)c1ccc(NC(=O)c2cnc(-c3ccccc3F)s2)nc1. The van der Waals surface area contributed by atoms with Gasteiger partial charge >= 0.3 is 0 Å². The minimum Gasteiger partial charge on any atom is -0.306 e. The Morgan fingerprint density at radius 3 is 2.54 bits per heavy atom. The molecular formula is C17H12FN3O2S. The number of amides is 1. The van der Waals surface area contributed by atoms with Gasteiger partial charge in [-0.2, -0.15) is 0 Å². The van der Waals surface area contributed by atoms with Crippen LogP contribution in [-0.4, -0.2) is 21.7 Å².